The van der Waals surface area contributed by atoms with E-state index < -0.39 is 0 Å². The molecule has 0 spiro atoms. The molecule has 0 aromatic heterocycles. The number of nitrogens with zero attached hydrogens (tertiary/aromatic N) is 2. The molecule has 2 heteroatoms. The van der Waals surface area contributed by atoms with E-state index in [1.807, 2.05) is 0 Å². The maximum atomic E-state index is 4.83. The standard InChI is InChI=1S/C15H28N2/c1-2-17(15-11-7-4-8-12-15)13-16-14-9-5-3-6-10-14/h13-15H,2-12H2,1H3. The van der Waals surface area contributed by atoms with Gasteiger partial charge in [-0.25, -0.2) is 0 Å². The van der Waals surface area contributed by atoms with Gasteiger partial charge in [0.1, 0.15) is 0 Å². The van der Waals surface area contributed by atoms with Crippen LogP contribution in [0.4, 0.5) is 0 Å². The second kappa shape index (κ2) is 7.03. The van der Waals surface area contributed by atoms with Gasteiger partial charge in [-0.05, 0) is 32.6 Å². The van der Waals surface area contributed by atoms with Gasteiger partial charge in [0, 0.05) is 12.6 Å². The summed E-state index contributed by atoms with van der Waals surface area (Å²) in [6, 6.07) is 1.41. The number of hydrogen-bond donors (Lipinski definition) is 0. The van der Waals surface area contributed by atoms with Crippen LogP contribution in [0.3, 0.4) is 0 Å². The molecule has 2 aliphatic rings. The van der Waals surface area contributed by atoms with Crippen LogP contribution in [0.5, 0.6) is 0 Å². The van der Waals surface area contributed by atoms with Gasteiger partial charge in [0.25, 0.3) is 0 Å². The summed E-state index contributed by atoms with van der Waals surface area (Å²) >= 11 is 0. The lowest BCUT2D eigenvalue weighted by Gasteiger charge is -2.32. The van der Waals surface area contributed by atoms with Gasteiger partial charge in [0.05, 0.1) is 12.4 Å². The summed E-state index contributed by atoms with van der Waals surface area (Å²) in [6.45, 7) is 3.39. The maximum Gasteiger partial charge on any atom is 0.0855 e. The first-order valence-electron chi connectivity index (χ1n) is 7.69. The van der Waals surface area contributed by atoms with Gasteiger partial charge >= 0.3 is 0 Å². The van der Waals surface area contributed by atoms with Crippen LogP contribution in [0, 0.1) is 0 Å². The van der Waals surface area contributed by atoms with Crippen LogP contribution in [0.15, 0.2) is 4.99 Å². The molecule has 2 nitrogen and oxygen atoms in total. The van der Waals surface area contributed by atoms with Gasteiger partial charge in [-0.1, -0.05) is 38.5 Å². The second-order valence-electron chi connectivity index (χ2n) is 5.68. The summed E-state index contributed by atoms with van der Waals surface area (Å²) in [6.07, 6.45) is 16.0. The van der Waals surface area contributed by atoms with Crippen molar-refractivity contribution < 1.29 is 0 Å². The molecule has 0 amide bonds. The predicted octanol–water partition coefficient (Wildman–Crippen LogP) is 4.00. The largest absolute Gasteiger partial charge is 0.360 e. The topological polar surface area (TPSA) is 15.6 Å². The zero-order valence-corrected chi connectivity index (χ0v) is 11.4. The van der Waals surface area contributed by atoms with E-state index >= 15 is 0 Å². The second-order valence-corrected chi connectivity index (χ2v) is 5.68. The molecule has 98 valence electrons. The minimum absolute atomic E-state index is 0.626. The Labute approximate surface area is 106 Å². The molecule has 0 saturated heterocycles. The molecule has 0 aromatic rings. The van der Waals surface area contributed by atoms with Crippen molar-refractivity contribution in [3.63, 3.8) is 0 Å². The summed E-state index contributed by atoms with van der Waals surface area (Å²) in [7, 11) is 0. The van der Waals surface area contributed by atoms with Gasteiger partial charge in [-0.2, -0.15) is 0 Å². The summed E-state index contributed by atoms with van der Waals surface area (Å²) in [5.74, 6) is 0. The zero-order valence-electron chi connectivity index (χ0n) is 11.4. The number of aliphatic imine (C=N–C) groups is 1. The highest BCUT2D eigenvalue weighted by atomic mass is 15.2. The minimum atomic E-state index is 0.626. The van der Waals surface area contributed by atoms with Gasteiger partial charge in [-0.3, -0.25) is 4.99 Å². The van der Waals surface area contributed by atoms with Crippen molar-refractivity contribution in [2.45, 2.75) is 83.2 Å². The van der Waals surface area contributed by atoms with Crippen molar-refractivity contribution in [1.29, 1.82) is 0 Å². The van der Waals surface area contributed by atoms with Crippen molar-refractivity contribution in [2.24, 2.45) is 4.99 Å². The molecule has 0 unspecified atom stereocenters. The highest BCUT2D eigenvalue weighted by Crippen LogP contribution is 2.23. The van der Waals surface area contributed by atoms with E-state index in [0.29, 0.717) is 6.04 Å². The fraction of sp³-hybridized carbons (Fsp3) is 0.933. The first-order valence-corrected chi connectivity index (χ1v) is 7.69. The van der Waals surface area contributed by atoms with Crippen LogP contribution in [-0.2, 0) is 0 Å². The van der Waals surface area contributed by atoms with E-state index in [1.54, 1.807) is 0 Å². The maximum absolute atomic E-state index is 4.83. The normalized spacial score (nSPS) is 24.3. The van der Waals surface area contributed by atoms with Gasteiger partial charge in [0.2, 0.25) is 0 Å². The molecule has 0 bridgehead atoms. The van der Waals surface area contributed by atoms with Gasteiger partial charge in [-0.15, -0.1) is 0 Å². The van der Waals surface area contributed by atoms with E-state index in [2.05, 4.69) is 18.2 Å². The van der Waals surface area contributed by atoms with Gasteiger partial charge < -0.3 is 4.90 Å². The third-order valence-corrected chi connectivity index (χ3v) is 4.41. The van der Waals surface area contributed by atoms with E-state index in [0.717, 1.165) is 12.6 Å². The molecule has 0 N–H and O–H groups in total. The van der Waals surface area contributed by atoms with Crippen LogP contribution in [0.1, 0.15) is 71.1 Å². The fourth-order valence-corrected chi connectivity index (χ4v) is 3.26. The Kier molecular flexibility index (Phi) is 5.34. The van der Waals surface area contributed by atoms with Gasteiger partial charge in [0.15, 0.2) is 0 Å². The Bertz CT molecular complexity index is 225. The molecule has 2 fully saturated rings. The molecular formula is C15H28N2. The zero-order chi connectivity index (χ0) is 11.9. The monoisotopic (exact) mass is 236 g/mol. The smallest absolute Gasteiger partial charge is 0.0855 e. The van der Waals surface area contributed by atoms with Crippen molar-refractivity contribution in [3.8, 4) is 0 Å². The van der Waals surface area contributed by atoms with Crippen molar-refractivity contribution in [2.75, 3.05) is 6.54 Å². The Morgan fingerprint density at radius 2 is 1.53 bits per heavy atom. The lowest BCUT2D eigenvalue weighted by molar-refractivity contribution is 0.256. The first kappa shape index (κ1) is 12.9. The van der Waals surface area contributed by atoms with Crippen molar-refractivity contribution in [3.05, 3.63) is 0 Å². The Hall–Kier alpha value is -0.530. The van der Waals surface area contributed by atoms with E-state index in [-0.39, 0.29) is 0 Å². The minimum Gasteiger partial charge on any atom is -0.360 e. The predicted molar refractivity (Wildman–Crippen MR) is 74.6 cm³/mol. The quantitative estimate of drug-likeness (QED) is 0.532. The summed E-state index contributed by atoms with van der Waals surface area (Å²) in [5.41, 5.74) is 0. The Morgan fingerprint density at radius 3 is 2.12 bits per heavy atom. The molecule has 2 saturated carbocycles. The molecule has 2 rings (SSSR count). The SMILES string of the molecule is CCN(C=NC1CCCCC1)C1CCCCC1. The highest BCUT2D eigenvalue weighted by molar-refractivity contribution is 5.55. The van der Waals surface area contributed by atoms with Crippen molar-refractivity contribution >= 4 is 6.34 Å². The molecule has 0 atom stereocenters. The van der Waals surface area contributed by atoms with Crippen LogP contribution in [0.25, 0.3) is 0 Å². The Balaban J connectivity index is 1.82. The molecule has 17 heavy (non-hydrogen) atoms. The Morgan fingerprint density at radius 1 is 0.941 bits per heavy atom. The summed E-state index contributed by atoms with van der Waals surface area (Å²) in [4.78, 5) is 7.32. The fourth-order valence-electron chi connectivity index (χ4n) is 3.26. The van der Waals surface area contributed by atoms with E-state index in [4.69, 9.17) is 4.99 Å². The summed E-state index contributed by atoms with van der Waals surface area (Å²) in [5, 5.41) is 0. The molecule has 0 radical (unpaired) electrons. The molecule has 2 aliphatic carbocycles. The average molecular weight is 236 g/mol. The molecule has 0 aromatic carbocycles. The van der Waals surface area contributed by atoms with Crippen LogP contribution in [-0.4, -0.2) is 29.9 Å². The first-order chi connectivity index (χ1) is 8.40. The molecule has 0 heterocycles. The van der Waals surface area contributed by atoms with Crippen LogP contribution in [0.2, 0.25) is 0 Å². The third kappa shape index (κ3) is 4.01. The third-order valence-electron chi connectivity index (χ3n) is 4.41. The number of hydrogen-bond acceptors (Lipinski definition) is 1. The molecular weight excluding hydrogens is 208 g/mol. The number of rotatable bonds is 4. The summed E-state index contributed by atoms with van der Waals surface area (Å²) < 4.78 is 0. The van der Waals surface area contributed by atoms with E-state index in [9.17, 15) is 0 Å². The van der Waals surface area contributed by atoms with Crippen molar-refractivity contribution in [1.82, 2.24) is 4.90 Å². The van der Waals surface area contributed by atoms with Crippen LogP contribution < -0.4 is 0 Å². The van der Waals surface area contributed by atoms with Crippen LogP contribution >= 0.6 is 0 Å². The highest BCUT2D eigenvalue weighted by Gasteiger charge is 2.18. The lowest BCUT2D eigenvalue weighted by atomic mass is 9.94. The average Bonchev–Trinajstić information content (AvgIpc) is 2.42. The molecule has 0 aliphatic heterocycles. The lowest BCUT2D eigenvalue weighted by Crippen LogP contribution is -2.36. The van der Waals surface area contributed by atoms with E-state index in [1.165, 1.54) is 64.2 Å².